The van der Waals surface area contributed by atoms with E-state index < -0.39 is 0 Å². The highest BCUT2D eigenvalue weighted by atomic mass is 35.5. The normalized spacial score (nSPS) is 15.4. The molecule has 4 rings (SSSR count). The molecule has 0 radical (unpaired) electrons. The Bertz CT molecular complexity index is 975. The first-order valence-electron chi connectivity index (χ1n) is 9.74. The molecule has 0 aromatic heterocycles. The third-order valence-electron chi connectivity index (χ3n) is 5.00. The fourth-order valence-electron chi connectivity index (χ4n) is 3.46. The van der Waals surface area contributed by atoms with Crippen molar-refractivity contribution in [1.29, 1.82) is 0 Å². The van der Waals surface area contributed by atoms with Gasteiger partial charge in [-0.3, -0.25) is 0 Å². The minimum atomic E-state index is 0.0513. The summed E-state index contributed by atoms with van der Waals surface area (Å²) in [6, 6.07) is 23.1. The summed E-state index contributed by atoms with van der Waals surface area (Å²) in [7, 11) is 4.09. The maximum Gasteiger partial charge on any atom is 0.119 e. The first kappa shape index (κ1) is 20.1. The zero-order valence-electron chi connectivity index (χ0n) is 16.7. The average Bonchev–Trinajstić information content (AvgIpc) is 2.86. The first-order chi connectivity index (χ1) is 14.1. The lowest BCUT2D eigenvalue weighted by molar-refractivity contribution is 0.261. The van der Waals surface area contributed by atoms with E-state index in [1.165, 1.54) is 21.6 Å². The molecular formula is C24H25ClN2OS. The van der Waals surface area contributed by atoms with Gasteiger partial charge in [-0.2, -0.15) is 0 Å². The van der Waals surface area contributed by atoms with Gasteiger partial charge in [0.1, 0.15) is 12.4 Å². The molecule has 150 valence electrons. The minimum Gasteiger partial charge on any atom is -0.492 e. The number of likely N-dealkylation sites (N-methyl/N-ethyl adjacent to an activating group) is 1. The number of halogens is 1. The summed E-state index contributed by atoms with van der Waals surface area (Å²) in [5, 5.41) is 4.49. The van der Waals surface area contributed by atoms with E-state index in [1.54, 1.807) is 0 Å². The number of hydrogen-bond acceptors (Lipinski definition) is 4. The third-order valence-corrected chi connectivity index (χ3v) is 6.38. The van der Waals surface area contributed by atoms with Gasteiger partial charge in [0.2, 0.25) is 0 Å². The molecule has 1 aliphatic heterocycles. The van der Waals surface area contributed by atoms with Gasteiger partial charge in [0, 0.05) is 27.9 Å². The molecule has 3 nitrogen and oxygen atoms in total. The molecule has 1 atom stereocenters. The Labute approximate surface area is 182 Å². The van der Waals surface area contributed by atoms with Gasteiger partial charge in [-0.1, -0.05) is 35.9 Å². The maximum atomic E-state index is 6.36. The van der Waals surface area contributed by atoms with Crippen LogP contribution in [-0.4, -0.2) is 32.1 Å². The summed E-state index contributed by atoms with van der Waals surface area (Å²) in [6.07, 6.45) is 0. The van der Waals surface area contributed by atoms with Crippen LogP contribution in [0.4, 0.5) is 5.69 Å². The summed E-state index contributed by atoms with van der Waals surface area (Å²) in [4.78, 5) is 3.38. The lowest BCUT2D eigenvalue weighted by Gasteiger charge is -2.23. The van der Waals surface area contributed by atoms with E-state index in [2.05, 4.69) is 58.7 Å². The Kier molecular flexibility index (Phi) is 6.34. The van der Waals surface area contributed by atoms with Crippen LogP contribution in [0.3, 0.4) is 0 Å². The van der Waals surface area contributed by atoms with Gasteiger partial charge in [0.15, 0.2) is 0 Å². The molecule has 3 aromatic rings. The molecule has 29 heavy (non-hydrogen) atoms. The number of benzene rings is 3. The number of nitrogens with zero attached hydrogens (tertiary/aromatic N) is 1. The zero-order valence-corrected chi connectivity index (χ0v) is 18.3. The number of ether oxygens (including phenoxy) is 1. The Morgan fingerprint density at radius 1 is 1.03 bits per heavy atom. The van der Waals surface area contributed by atoms with Crippen LogP contribution in [0.1, 0.15) is 22.7 Å². The number of hydrogen-bond donors (Lipinski definition) is 1. The van der Waals surface area contributed by atoms with Crippen molar-refractivity contribution in [3.05, 3.63) is 88.4 Å². The predicted octanol–water partition coefficient (Wildman–Crippen LogP) is 6.09. The molecule has 5 heteroatoms. The van der Waals surface area contributed by atoms with Gasteiger partial charge in [-0.15, -0.1) is 11.8 Å². The third kappa shape index (κ3) is 4.89. The van der Waals surface area contributed by atoms with E-state index in [1.807, 2.05) is 44.1 Å². The number of fused-ring (bicyclic) bond motifs is 2. The van der Waals surface area contributed by atoms with Crippen molar-refractivity contribution < 1.29 is 4.74 Å². The highest BCUT2D eigenvalue weighted by Gasteiger charge is 2.24. The number of anilines is 1. The van der Waals surface area contributed by atoms with Crippen molar-refractivity contribution >= 4 is 29.1 Å². The molecule has 0 saturated heterocycles. The number of nitrogens with one attached hydrogen (secondary N) is 1. The second-order valence-electron chi connectivity index (χ2n) is 7.42. The Morgan fingerprint density at radius 2 is 1.83 bits per heavy atom. The fraction of sp³-hybridized carbons (Fsp3) is 0.250. The Hall–Kier alpha value is -2.14. The number of rotatable bonds is 6. The van der Waals surface area contributed by atoms with Gasteiger partial charge in [-0.05, 0) is 73.3 Å². The zero-order chi connectivity index (χ0) is 20.2. The van der Waals surface area contributed by atoms with E-state index in [9.17, 15) is 0 Å². The van der Waals surface area contributed by atoms with Crippen molar-refractivity contribution in [2.75, 3.05) is 32.6 Å². The van der Waals surface area contributed by atoms with Crippen LogP contribution in [0.25, 0.3) is 0 Å². The topological polar surface area (TPSA) is 24.5 Å². The molecule has 0 spiro atoms. The Morgan fingerprint density at radius 3 is 2.62 bits per heavy atom. The van der Waals surface area contributed by atoms with E-state index in [-0.39, 0.29) is 6.04 Å². The lowest BCUT2D eigenvalue weighted by Crippen LogP contribution is -2.19. The average molecular weight is 425 g/mol. The van der Waals surface area contributed by atoms with E-state index in [4.69, 9.17) is 16.3 Å². The number of thioether (sulfide) groups is 1. The molecule has 3 aromatic carbocycles. The van der Waals surface area contributed by atoms with Gasteiger partial charge in [0.25, 0.3) is 0 Å². The molecule has 1 heterocycles. The minimum absolute atomic E-state index is 0.0513. The molecule has 0 saturated carbocycles. The summed E-state index contributed by atoms with van der Waals surface area (Å²) in [5.74, 6) is 1.85. The quantitative estimate of drug-likeness (QED) is 0.517. The van der Waals surface area contributed by atoms with Gasteiger partial charge >= 0.3 is 0 Å². The summed E-state index contributed by atoms with van der Waals surface area (Å²) in [6.45, 7) is 1.58. The van der Waals surface area contributed by atoms with Crippen molar-refractivity contribution in [3.63, 3.8) is 0 Å². The molecule has 0 aliphatic carbocycles. The molecule has 0 bridgehead atoms. The molecule has 0 amide bonds. The van der Waals surface area contributed by atoms with Crippen molar-refractivity contribution in [2.45, 2.75) is 16.7 Å². The van der Waals surface area contributed by atoms with Crippen LogP contribution in [0.15, 0.2) is 71.6 Å². The van der Waals surface area contributed by atoms with Crippen LogP contribution in [0.5, 0.6) is 5.75 Å². The summed E-state index contributed by atoms with van der Waals surface area (Å²) >= 11 is 8.23. The van der Waals surface area contributed by atoms with Gasteiger partial charge < -0.3 is 15.0 Å². The molecular weight excluding hydrogens is 400 g/mol. The second-order valence-corrected chi connectivity index (χ2v) is 8.88. The van der Waals surface area contributed by atoms with Crippen LogP contribution in [0.2, 0.25) is 5.02 Å². The van der Waals surface area contributed by atoms with Crippen molar-refractivity contribution in [3.8, 4) is 5.75 Å². The summed E-state index contributed by atoms with van der Waals surface area (Å²) < 4.78 is 5.82. The van der Waals surface area contributed by atoms with Crippen LogP contribution in [-0.2, 0) is 5.75 Å². The standard InChI is InChI=1S/C24H25ClN2OS/c1-27(2)13-14-28-20-10-8-19(9-11-20)26-24-21-6-4-3-5-17(21)16-29-23-12-7-18(25)15-22(23)24/h3-12,15,24,26H,13-14,16H2,1-2H3/t24-/m1/s1. The van der Waals surface area contributed by atoms with E-state index in [0.29, 0.717) is 6.61 Å². The highest BCUT2D eigenvalue weighted by Crippen LogP contribution is 2.42. The molecule has 0 fully saturated rings. The van der Waals surface area contributed by atoms with Crippen LogP contribution >= 0.6 is 23.4 Å². The second kappa shape index (κ2) is 9.12. The van der Waals surface area contributed by atoms with Gasteiger partial charge in [0.05, 0.1) is 6.04 Å². The highest BCUT2D eigenvalue weighted by molar-refractivity contribution is 7.98. The van der Waals surface area contributed by atoms with Crippen molar-refractivity contribution in [2.24, 2.45) is 0 Å². The molecule has 0 unspecified atom stereocenters. The maximum absolute atomic E-state index is 6.36. The monoisotopic (exact) mass is 424 g/mol. The van der Waals surface area contributed by atoms with Gasteiger partial charge in [-0.25, -0.2) is 0 Å². The first-order valence-corrected chi connectivity index (χ1v) is 11.1. The smallest absolute Gasteiger partial charge is 0.119 e. The van der Waals surface area contributed by atoms with E-state index in [0.717, 1.165) is 28.8 Å². The van der Waals surface area contributed by atoms with E-state index >= 15 is 0 Å². The Balaban J connectivity index is 1.60. The lowest BCUT2D eigenvalue weighted by atomic mass is 9.94. The SMILES string of the molecule is CN(C)CCOc1ccc(N[C@@H]2c3ccccc3CSc3ccc(Cl)cc32)cc1. The largest absolute Gasteiger partial charge is 0.492 e. The molecule has 1 aliphatic rings. The van der Waals surface area contributed by atoms with Crippen LogP contribution < -0.4 is 10.1 Å². The summed E-state index contributed by atoms with van der Waals surface area (Å²) in [5.41, 5.74) is 4.93. The van der Waals surface area contributed by atoms with Crippen molar-refractivity contribution in [1.82, 2.24) is 4.90 Å². The predicted molar refractivity (Wildman–Crippen MR) is 123 cm³/mol. The fourth-order valence-corrected chi connectivity index (χ4v) is 4.72. The molecule has 1 N–H and O–H groups in total. The van der Waals surface area contributed by atoms with Crippen LogP contribution in [0, 0.1) is 0 Å².